The van der Waals surface area contributed by atoms with Crippen molar-refractivity contribution in [1.82, 2.24) is 0 Å². The van der Waals surface area contributed by atoms with Crippen molar-refractivity contribution in [2.24, 2.45) is 0 Å². The standard InChI is InChI=1S/C18H15NO3.2C18H15NO2.C18H18O2/c1-21-16-7-4-8-17(22-2)18(16)15(20)10-9-13-5-3-6-14(11-13)12-19;1-13-6-9-18(21-2)16(10-13)17(20)8-7-14-4-3-5-15(11-14)12-19;1-13-6-8-16(11-18(13)21-2)17(20)9-7-14-4-3-5-15(10-14)12-19;1-13-5-4-6-15(9-13)7-8-18(19)16-10-14(2)11-17(12-16)20-3/h3-11H,1-2H3;2*3-11H,1-2H3;4-12H,1-3H3/b10-9+;8-7+;9-7+;8-7+. The van der Waals surface area contributed by atoms with E-state index in [1.54, 1.807) is 149 Å². The predicted molar refractivity (Wildman–Crippen MR) is 331 cm³/mol. The Morgan fingerprint density at radius 3 is 1.27 bits per heavy atom. The normalized spacial score (nSPS) is 10.4. The van der Waals surface area contributed by atoms with Crippen LogP contribution in [0.3, 0.4) is 0 Å². The van der Waals surface area contributed by atoms with Crippen LogP contribution in [0.2, 0.25) is 0 Å². The van der Waals surface area contributed by atoms with Crippen molar-refractivity contribution >= 4 is 47.4 Å². The fraction of sp³-hybridized carbons (Fsp3) is 0.125. The van der Waals surface area contributed by atoms with Gasteiger partial charge in [0.25, 0.3) is 0 Å². The second kappa shape index (κ2) is 32.8. The Morgan fingerprint density at radius 1 is 0.357 bits per heavy atom. The molecule has 0 N–H and O–H groups in total. The summed E-state index contributed by atoms with van der Waals surface area (Å²) in [6.07, 6.45) is 12.9. The maximum Gasteiger partial charge on any atom is 0.193 e. The number of carbonyl (C=O) groups excluding carboxylic acids is 4. The van der Waals surface area contributed by atoms with Gasteiger partial charge in [0.2, 0.25) is 0 Å². The van der Waals surface area contributed by atoms with Crippen molar-refractivity contribution < 1.29 is 42.9 Å². The topological polar surface area (TPSA) is 186 Å². The molecule has 8 aromatic rings. The van der Waals surface area contributed by atoms with E-state index >= 15 is 0 Å². The van der Waals surface area contributed by atoms with Crippen molar-refractivity contribution in [3.63, 3.8) is 0 Å². The molecule has 420 valence electrons. The number of rotatable bonds is 17. The number of hydrogen-bond acceptors (Lipinski definition) is 12. The van der Waals surface area contributed by atoms with Crippen molar-refractivity contribution in [3.8, 4) is 47.0 Å². The smallest absolute Gasteiger partial charge is 0.193 e. The third-order valence-corrected chi connectivity index (χ3v) is 12.4. The molecule has 0 fully saturated rings. The van der Waals surface area contributed by atoms with E-state index in [4.69, 9.17) is 39.5 Å². The number of benzene rings is 8. The molecule has 12 heteroatoms. The first-order valence-electron chi connectivity index (χ1n) is 26.2. The second-order valence-corrected chi connectivity index (χ2v) is 18.6. The molecular weight excluding hydrogens is 1050 g/mol. The molecule has 0 aromatic heterocycles. The fourth-order valence-corrected chi connectivity index (χ4v) is 8.05. The molecule has 0 radical (unpaired) electrons. The van der Waals surface area contributed by atoms with Gasteiger partial charge in [0.1, 0.15) is 34.3 Å². The molecule has 84 heavy (non-hydrogen) atoms. The van der Waals surface area contributed by atoms with E-state index in [2.05, 4.69) is 18.2 Å². The van der Waals surface area contributed by atoms with Crippen LogP contribution in [0.4, 0.5) is 0 Å². The maximum absolute atomic E-state index is 12.4. The van der Waals surface area contributed by atoms with Crippen LogP contribution in [0, 0.1) is 61.7 Å². The Kier molecular flexibility index (Phi) is 24.9. The molecule has 0 amide bonds. The van der Waals surface area contributed by atoms with Gasteiger partial charge in [-0.1, -0.05) is 120 Å². The SMILES string of the molecule is COc1cc(C(=O)/C=C/c2cccc(C#N)c2)ccc1C.COc1cc(C)cc(C(=O)/C=C/c2cccc(C)c2)c1.COc1ccc(C)cc1C(=O)/C=C/c1cccc(C#N)c1.COc1cccc(OC)c1C(=O)/C=C/c1cccc(C#N)c1. The highest BCUT2D eigenvalue weighted by Gasteiger charge is 2.16. The van der Waals surface area contributed by atoms with Crippen molar-refractivity contribution in [1.29, 1.82) is 15.8 Å². The Hall–Kier alpha value is -11.1. The molecule has 8 aromatic carbocycles. The zero-order valence-electron chi connectivity index (χ0n) is 48.3. The van der Waals surface area contributed by atoms with Crippen LogP contribution < -0.4 is 23.7 Å². The van der Waals surface area contributed by atoms with Gasteiger partial charge in [0.05, 0.1) is 76.0 Å². The van der Waals surface area contributed by atoms with Crippen molar-refractivity contribution in [2.45, 2.75) is 27.7 Å². The van der Waals surface area contributed by atoms with Crippen molar-refractivity contribution in [2.75, 3.05) is 35.5 Å². The van der Waals surface area contributed by atoms with Gasteiger partial charge in [-0.25, -0.2) is 0 Å². The Bertz CT molecular complexity index is 3880. The summed E-state index contributed by atoms with van der Waals surface area (Å²) in [5.74, 6) is 2.40. The summed E-state index contributed by atoms with van der Waals surface area (Å²) < 4.78 is 26.1. The third-order valence-electron chi connectivity index (χ3n) is 12.4. The minimum Gasteiger partial charge on any atom is -0.497 e. The van der Waals surface area contributed by atoms with E-state index < -0.39 is 0 Å². The molecular formula is C72H63N3O9. The molecule has 0 bridgehead atoms. The first-order valence-corrected chi connectivity index (χ1v) is 26.2. The second-order valence-electron chi connectivity index (χ2n) is 18.6. The lowest BCUT2D eigenvalue weighted by Gasteiger charge is -2.10. The van der Waals surface area contributed by atoms with Gasteiger partial charge in [-0.05, 0) is 170 Å². The monoisotopic (exact) mass is 1110 g/mol. The molecule has 0 spiro atoms. The van der Waals surface area contributed by atoms with Gasteiger partial charge in [0, 0.05) is 11.1 Å². The molecule has 0 saturated heterocycles. The van der Waals surface area contributed by atoms with Crippen LogP contribution in [-0.4, -0.2) is 58.7 Å². The van der Waals surface area contributed by atoms with Gasteiger partial charge < -0.3 is 23.7 Å². The number of ether oxygens (including phenoxy) is 5. The maximum atomic E-state index is 12.4. The number of nitriles is 3. The average Bonchev–Trinajstić information content (AvgIpc) is 3.73. The largest absolute Gasteiger partial charge is 0.497 e. The average molecular weight is 1110 g/mol. The Balaban J connectivity index is 0.000000205. The van der Waals surface area contributed by atoms with E-state index in [1.165, 1.54) is 38.0 Å². The predicted octanol–water partition coefficient (Wildman–Crippen LogP) is 15.2. The summed E-state index contributed by atoms with van der Waals surface area (Å²) in [5.41, 5.74) is 11.4. The molecule has 0 heterocycles. The van der Waals surface area contributed by atoms with E-state index in [0.29, 0.717) is 67.7 Å². The zero-order chi connectivity index (χ0) is 61.0. The minimum atomic E-state index is -0.225. The number of ketones is 4. The summed E-state index contributed by atoms with van der Waals surface area (Å²) >= 11 is 0. The first-order chi connectivity index (χ1) is 40.5. The van der Waals surface area contributed by atoms with Gasteiger partial charge in [-0.2, -0.15) is 15.8 Å². The number of nitrogens with zero attached hydrogens (tertiary/aromatic N) is 3. The number of aryl methyl sites for hydroxylation is 4. The lowest BCUT2D eigenvalue weighted by molar-refractivity contribution is 0.103. The van der Waals surface area contributed by atoms with Gasteiger partial charge in [0.15, 0.2) is 23.1 Å². The van der Waals surface area contributed by atoms with Gasteiger partial charge in [-0.3, -0.25) is 19.2 Å². The molecule has 0 saturated carbocycles. The molecule has 0 atom stereocenters. The number of methoxy groups -OCH3 is 5. The number of allylic oxidation sites excluding steroid dienone is 4. The van der Waals surface area contributed by atoms with E-state index in [0.717, 1.165) is 38.9 Å². The highest BCUT2D eigenvalue weighted by Crippen LogP contribution is 2.29. The van der Waals surface area contributed by atoms with Gasteiger partial charge in [-0.15, -0.1) is 0 Å². The van der Waals surface area contributed by atoms with Gasteiger partial charge >= 0.3 is 0 Å². The lowest BCUT2D eigenvalue weighted by atomic mass is 10.0. The van der Waals surface area contributed by atoms with Crippen LogP contribution in [0.5, 0.6) is 28.7 Å². The summed E-state index contributed by atoms with van der Waals surface area (Å²) in [5, 5.41) is 26.6. The number of hydrogen-bond donors (Lipinski definition) is 0. The van der Waals surface area contributed by atoms with Crippen LogP contribution in [-0.2, 0) is 0 Å². The van der Waals surface area contributed by atoms with E-state index in [-0.39, 0.29) is 23.1 Å². The lowest BCUT2D eigenvalue weighted by Crippen LogP contribution is -2.02. The van der Waals surface area contributed by atoms with E-state index in [1.807, 2.05) is 101 Å². The Labute approximate surface area is 491 Å². The van der Waals surface area contributed by atoms with Crippen LogP contribution in [0.15, 0.2) is 194 Å². The van der Waals surface area contributed by atoms with Crippen LogP contribution >= 0.6 is 0 Å². The molecule has 0 aliphatic rings. The highest BCUT2D eigenvalue weighted by atomic mass is 16.5. The molecule has 0 aliphatic heterocycles. The summed E-state index contributed by atoms with van der Waals surface area (Å²) in [7, 11) is 7.74. The number of carbonyl (C=O) groups is 4. The van der Waals surface area contributed by atoms with Crippen LogP contribution in [0.25, 0.3) is 24.3 Å². The molecule has 12 nitrogen and oxygen atoms in total. The van der Waals surface area contributed by atoms with Crippen molar-refractivity contribution in [3.05, 3.63) is 278 Å². The molecule has 0 aliphatic carbocycles. The first kappa shape index (κ1) is 63.7. The van der Waals surface area contributed by atoms with Crippen LogP contribution in [0.1, 0.15) is 103 Å². The summed E-state index contributed by atoms with van der Waals surface area (Å²) in [4.78, 5) is 49.0. The zero-order valence-corrected chi connectivity index (χ0v) is 48.3. The quantitative estimate of drug-likeness (QED) is 0.0621. The third kappa shape index (κ3) is 19.6. The minimum absolute atomic E-state index is 0.0199. The summed E-state index contributed by atoms with van der Waals surface area (Å²) in [6, 6.07) is 57.0. The fourth-order valence-electron chi connectivity index (χ4n) is 8.05. The van der Waals surface area contributed by atoms with E-state index in [9.17, 15) is 19.2 Å². The highest BCUT2D eigenvalue weighted by molar-refractivity contribution is 6.11. The Morgan fingerprint density at radius 2 is 0.798 bits per heavy atom. The molecule has 8 rings (SSSR count). The molecule has 0 unspecified atom stereocenters. The summed E-state index contributed by atoms with van der Waals surface area (Å²) in [6.45, 7) is 7.83.